The van der Waals surface area contributed by atoms with Crippen LogP contribution in [0.3, 0.4) is 0 Å². The second-order valence-corrected chi connectivity index (χ2v) is 6.56. The van der Waals surface area contributed by atoms with Crippen LogP contribution in [0, 0.1) is 0 Å². The van der Waals surface area contributed by atoms with E-state index < -0.39 is 0 Å². The zero-order valence-electron chi connectivity index (χ0n) is 12.0. The maximum Gasteiger partial charge on any atom is 0.279 e. The lowest BCUT2D eigenvalue weighted by Gasteiger charge is -2.05. The van der Waals surface area contributed by atoms with Gasteiger partial charge in [0.15, 0.2) is 0 Å². The molecule has 0 unspecified atom stereocenters. The molecule has 1 aromatic carbocycles. The van der Waals surface area contributed by atoms with Gasteiger partial charge in [0.25, 0.3) is 5.56 Å². The van der Waals surface area contributed by atoms with Crippen LogP contribution < -0.4 is 10.9 Å². The van der Waals surface area contributed by atoms with E-state index in [0.717, 1.165) is 16.9 Å². The number of benzene rings is 1. The van der Waals surface area contributed by atoms with E-state index in [1.165, 1.54) is 29.7 Å². The van der Waals surface area contributed by atoms with Gasteiger partial charge in [0.05, 0.1) is 11.1 Å². The Hall–Kier alpha value is -2.11. The van der Waals surface area contributed by atoms with Crippen molar-refractivity contribution in [2.75, 3.05) is 0 Å². The molecule has 5 heteroatoms. The van der Waals surface area contributed by atoms with Crippen LogP contribution in [0.5, 0.6) is 0 Å². The monoisotopic (exact) mass is 309 g/mol. The van der Waals surface area contributed by atoms with Crippen molar-refractivity contribution >= 4 is 21.4 Å². The van der Waals surface area contributed by atoms with Crippen molar-refractivity contribution < 1.29 is 0 Å². The van der Waals surface area contributed by atoms with Gasteiger partial charge in [-0.05, 0) is 42.7 Å². The van der Waals surface area contributed by atoms with Gasteiger partial charge in [-0.15, -0.1) is 11.3 Å². The fourth-order valence-electron chi connectivity index (χ4n) is 2.37. The Morgan fingerprint density at radius 2 is 2.14 bits per heavy atom. The maximum absolute atomic E-state index is 12.2. The second-order valence-electron chi connectivity index (χ2n) is 5.52. The van der Waals surface area contributed by atoms with E-state index in [1.54, 1.807) is 6.20 Å². The predicted octanol–water partition coefficient (Wildman–Crippen LogP) is 2.97. The average molecular weight is 309 g/mol. The Bertz CT molecular complexity index is 872. The molecule has 0 atom stereocenters. The highest BCUT2D eigenvalue weighted by Gasteiger charge is 2.20. The molecule has 2 heterocycles. The predicted molar refractivity (Wildman–Crippen MR) is 89.0 cm³/mol. The van der Waals surface area contributed by atoms with Gasteiger partial charge in [0, 0.05) is 23.5 Å². The SMILES string of the molecule is O=c1nc(-c2ccccn2)sc2cc(CNC3CC3)ccc12. The van der Waals surface area contributed by atoms with Crippen molar-refractivity contribution in [3.05, 3.63) is 58.5 Å². The van der Waals surface area contributed by atoms with E-state index in [-0.39, 0.29) is 5.56 Å². The van der Waals surface area contributed by atoms with Crippen LogP contribution in [0.2, 0.25) is 0 Å². The molecule has 1 fully saturated rings. The summed E-state index contributed by atoms with van der Waals surface area (Å²) in [4.78, 5) is 20.7. The van der Waals surface area contributed by atoms with Gasteiger partial charge in [-0.1, -0.05) is 12.1 Å². The molecule has 1 aliphatic carbocycles. The Morgan fingerprint density at radius 3 is 2.91 bits per heavy atom. The first-order valence-electron chi connectivity index (χ1n) is 7.38. The quantitative estimate of drug-likeness (QED) is 0.805. The van der Waals surface area contributed by atoms with Crippen LogP contribution in [0.25, 0.3) is 20.8 Å². The first kappa shape index (κ1) is 13.5. The lowest BCUT2D eigenvalue weighted by atomic mass is 10.2. The molecule has 4 nitrogen and oxygen atoms in total. The number of nitrogens with one attached hydrogen (secondary N) is 1. The van der Waals surface area contributed by atoms with Crippen molar-refractivity contribution in [1.82, 2.24) is 15.3 Å². The smallest absolute Gasteiger partial charge is 0.279 e. The summed E-state index contributed by atoms with van der Waals surface area (Å²) in [6.07, 6.45) is 4.26. The molecule has 0 spiro atoms. The van der Waals surface area contributed by atoms with Crippen LogP contribution >= 0.6 is 11.3 Å². The molecule has 0 radical (unpaired) electrons. The number of hydrogen-bond acceptors (Lipinski definition) is 5. The Kier molecular flexibility index (Phi) is 3.44. The Balaban J connectivity index is 1.75. The van der Waals surface area contributed by atoms with Crippen molar-refractivity contribution in [3.63, 3.8) is 0 Å². The van der Waals surface area contributed by atoms with Crippen molar-refractivity contribution in [2.24, 2.45) is 0 Å². The number of rotatable bonds is 4. The Labute approximate surface area is 131 Å². The minimum absolute atomic E-state index is 0.184. The normalized spacial score (nSPS) is 14.4. The maximum atomic E-state index is 12.2. The summed E-state index contributed by atoms with van der Waals surface area (Å²) in [6.45, 7) is 0.850. The van der Waals surface area contributed by atoms with E-state index >= 15 is 0 Å². The molecule has 0 aliphatic heterocycles. The van der Waals surface area contributed by atoms with Gasteiger partial charge in [0.2, 0.25) is 0 Å². The van der Waals surface area contributed by atoms with Crippen molar-refractivity contribution in [2.45, 2.75) is 25.4 Å². The molecule has 2 aromatic heterocycles. The summed E-state index contributed by atoms with van der Waals surface area (Å²) in [5.74, 6) is 0. The molecule has 1 N–H and O–H groups in total. The molecule has 110 valence electrons. The molecule has 0 amide bonds. The van der Waals surface area contributed by atoms with Crippen LogP contribution in [-0.2, 0) is 6.54 Å². The lowest BCUT2D eigenvalue weighted by Crippen LogP contribution is -2.15. The highest BCUT2D eigenvalue weighted by molar-refractivity contribution is 7.21. The first-order chi connectivity index (χ1) is 10.8. The topological polar surface area (TPSA) is 54.9 Å². The number of pyridine rings is 1. The van der Waals surface area contributed by atoms with Crippen LogP contribution in [-0.4, -0.2) is 16.0 Å². The molecule has 22 heavy (non-hydrogen) atoms. The second kappa shape index (κ2) is 5.59. The van der Waals surface area contributed by atoms with E-state index in [9.17, 15) is 4.79 Å². The fraction of sp³-hybridized carbons (Fsp3) is 0.235. The molecule has 0 saturated heterocycles. The van der Waals surface area contributed by atoms with E-state index in [4.69, 9.17) is 0 Å². The third-order valence-corrected chi connectivity index (χ3v) is 4.79. The Morgan fingerprint density at radius 1 is 1.23 bits per heavy atom. The minimum Gasteiger partial charge on any atom is -0.310 e. The molecule has 0 bridgehead atoms. The molecular formula is C17H15N3OS. The molecular weight excluding hydrogens is 294 g/mol. The first-order valence-corrected chi connectivity index (χ1v) is 8.20. The highest BCUT2D eigenvalue weighted by atomic mass is 32.1. The van der Waals surface area contributed by atoms with Gasteiger partial charge in [-0.3, -0.25) is 9.78 Å². The third-order valence-electron chi connectivity index (χ3n) is 3.74. The highest BCUT2D eigenvalue weighted by Crippen LogP contribution is 2.26. The molecule has 4 rings (SSSR count). The largest absolute Gasteiger partial charge is 0.310 e. The van der Waals surface area contributed by atoms with Crippen molar-refractivity contribution in [1.29, 1.82) is 0 Å². The fourth-order valence-corrected chi connectivity index (χ4v) is 3.40. The zero-order valence-corrected chi connectivity index (χ0v) is 12.8. The van der Waals surface area contributed by atoms with Gasteiger partial charge in [-0.2, -0.15) is 4.98 Å². The summed E-state index contributed by atoms with van der Waals surface area (Å²) in [6, 6.07) is 12.3. The number of hydrogen-bond donors (Lipinski definition) is 1. The van der Waals surface area contributed by atoms with Crippen molar-refractivity contribution in [3.8, 4) is 10.7 Å². The van der Waals surface area contributed by atoms with Gasteiger partial charge in [-0.25, -0.2) is 0 Å². The lowest BCUT2D eigenvalue weighted by molar-refractivity contribution is 0.688. The third kappa shape index (κ3) is 2.77. The summed E-state index contributed by atoms with van der Waals surface area (Å²) >= 11 is 1.52. The average Bonchev–Trinajstić information content (AvgIpc) is 3.38. The van der Waals surface area contributed by atoms with E-state index in [2.05, 4.69) is 21.4 Å². The molecule has 3 aromatic rings. The molecule has 1 saturated carbocycles. The zero-order chi connectivity index (χ0) is 14.9. The van der Waals surface area contributed by atoms with Gasteiger partial charge < -0.3 is 5.32 Å². The molecule has 1 aliphatic rings. The summed E-state index contributed by atoms with van der Waals surface area (Å²) in [5, 5.41) is 4.85. The van der Waals surface area contributed by atoms with E-state index in [1.807, 2.05) is 30.3 Å². The summed E-state index contributed by atoms with van der Waals surface area (Å²) < 4.78 is 0.968. The van der Waals surface area contributed by atoms with E-state index in [0.29, 0.717) is 16.4 Å². The van der Waals surface area contributed by atoms with Crippen LogP contribution in [0.4, 0.5) is 0 Å². The standard InChI is InChI=1S/C17H15N3OS/c21-16-13-7-4-11(10-19-12-5-6-12)9-15(13)22-17(20-16)14-3-1-2-8-18-14/h1-4,7-9,12,19H,5-6,10H2. The number of nitrogens with zero attached hydrogens (tertiary/aromatic N) is 2. The van der Waals surface area contributed by atoms with Crippen LogP contribution in [0.15, 0.2) is 47.4 Å². The minimum atomic E-state index is -0.184. The summed E-state index contributed by atoms with van der Waals surface area (Å²) in [5.41, 5.74) is 1.76. The number of aromatic nitrogens is 2. The van der Waals surface area contributed by atoms with Gasteiger partial charge >= 0.3 is 0 Å². The number of fused-ring (bicyclic) bond motifs is 1. The summed E-state index contributed by atoms with van der Waals surface area (Å²) in [7, 11) is 0. The van der Waals surface area contributed by atoms with Crippen LogP contribution in [0.1, 0.15) is 18.4 Å². The van der Waals surface area contributed by atoms with Gasteiger partial charge in [0.1, 0.15) is 5.01 Å².